The largest absolute Gasteiger partial charge is 0.445 e. The van der Waals surface area contributed by atoms with E-state index in [-0.39, 0.29) is 43.2 Å². The number of hydrogen-bond acceptors (Lipinski definition) is 6. The van der Waals surface area contributed by atoms with Gasteiger partial charge in [0.05, 0.1) is 17.6 Å². The topological polar surface area (TPSA) is 87.7 Å². The number of ketones is 2. The van der Waals surface area contributed by atoms with Crippen LogP contribution in [0.1, 0.15) is 60.3 Å². The Bertz CT molecular complexity index is 646. The van der Waals surface area contributed by atoms with Gasteiger partial charge in [0.2, 0.25) is 0 Å². The quantitative estimate of drug-likeness (QED) is 0.696. The number of amides is 1. The number of fused-ring (bicyclic) bond motifs is 2. The lowest BCUT2D eigenvalue weighted by Crippen LogP contribution is -2.61. The van der Waals surface area contributed by atoms with Gasteiger partial charge in [-0.1, -0.05) is 26.0 Å². The van der Waals surface area contributed by atoms with E-state index >= 15 is 0 Å². The molecule has 164 valence electrons. The van der Waals surface area contributed by atoms with Gasteiger partial charge >= 0.3 is 6.09 Å². The van der Waals surface area contributed by atoms with Gasteiger partial charge < -0.3 is 15.0 Å². The number of nitrogens with zero attached hydrogens (tertiary/aromatic N) is 1. The zero-order chi connectivity index (χ0) is 21.7. The normalized spacial score (nSPS) is 30.8. The average molecular weight is 408 g/mol. The molecule has 1 amide bonds. The van der Waals surface area contributed by atoms with Crippen molar-refractivity contribution in [2.24, 2.45) is 5.92 Å². The molecule has 0 radical (unpaired) electrons. The maximum absolute atomic E-state index is 13.2. The second-order valence-electron chi connectivity index (χ2n) is 9.12. The number of ether oxygens (including phenoxy) is 1. The Labute approximate surface area is 174 Å². The Morgan fingerprint density at radius 1 is 1.21 bits per heavy atom. The van der Waals surface area contributed by atoms with Crippen molar-refractivity contribution < 1.29 is 19.1 Å². The van der Waals surface area contributed by atoms with E-state index in [2.05, 4.69) is 10.6 Å². The van der Waals surface area contributed by atoms with Crippen molar-refractivity contribution in [2.45, 2.75) is 77.4 Å². The Morgan fingerprint density at radius 3 is 2.59 bits per heavy atom. The molecule has 0 aliphatic carbocycles. The Kier molecular flexibility index (Phi) is 8.00. The Hall–Kier alpha value is -1.73. The SMILES string of the molecule is CC(C)N[C@]1(C)CCC/C=C/COC(=O)N2CC[C@](C(=O)C(C)C)(C2)NCC1=O. The summed E-state index contributed by atoms with van der Waals surface area (Å²) in [7, 11) is 0. The number of cyclic esters (lactones) is 1. The van der Waals surface area contributed by atoms with Crippen molar-refractivity contribution >= 4 is 17.7 Å². The van der Waals surface area contributed by atoms with Crippen molar-refractivity contribution in [3.05, 3.63) is 12.2 Å². The molecular weight excluding hydrogens is 370 g/mol. The standard InChI is InChI=1S/C22H37N3O4/c1-16(2)19(27)22-11-12-25(15-22)20(28)29-13-9-7-6-8-10-21(5,24-17(3)4)18(26)14-23-22/h7,9,16-17,23-24H,6,8,10-15H2,1-5H3/b9-7+/t21-,22-/m1/s1. The molecule has 2 aliphatic rings. The van der Waals surface area contributed by atoms with Crippen LogP contribution in [0.3, 0.4) is 0 Å². The summed E-state index contributed by atoms with van der Waals surface area (Å²) in [6.07, 6.45) is 6.25. The first-order chi connectivity index (χ1) is 13.6. The fourth-order valence-corrected chi connectivity index (χ4v) is 4.29. The van der Waals surface area contributed by atoms with Crippen LogP contribution in [0.25, 0.3) is 0 Å². The predicted molar refractivity (Wildman–Crippen MR) is 113 cm³/mol. The number of nitrogens with one attached hydrogen (secondary N) is 2. The highest BCUT2D eigenvalue weighted by atomic mass is 16.6. The molecule has 7 heteroatoms. The highest BCUT2D eigenvalue weighted by Crippen LogP contribution is 2.27. The molecule has 1 saturated heterocycles. The van der Waals surface area contributed by atoms with Crippen molar-refractivity contribution in [1.29, 1.82) is 0 Å². The highest BCUT2D eigenvalue weighted by molar-refractivity contribution is 5.94. The summed E-state index contributed by atoms with van der Waals surface area (Å²) in [5, 5.41) is 6.70. The number of hydrogen-bond donors (Lipinski definition) is 2. The third-order valence-electron chi connectivity index (χ3n) is 5.85. The monoisotopic (exact) mass is 407 g/mol. The molecule has 2 bridgehead atoms. The smallest absolute Gasteiger partial charge is 0.410 e. The Balaban J connectivity index is 2.29. The number of carbonyl (C=O) groups excluding carboxylic acids is 3. The van der Waals surface area contributed by atoms with Gasteiger partial charge in [-0.15, -0.1) is 0 Å². The molecule has 2 N–H and O–H groups in total. The fourth-order valence-electron chi connectivity index (χ4n) is 4.29. The molecule has 0 aromatic rings. The summed E-state index contributed by atoms with van der Waals surface area (Å²) in [5.41, 5.74) is -1.57. The van der Waals surface area contributed by atoms with Crippen LogP contribution in [0.5, 0.6) is 0 Å². The molecule has 0 aromatic carbocycles. The van der Waals surface area contributed by atoms with Gasteiger partial charge in [-0.05, 0) is 46.5 Å². The van der Waals surface area contributed by atoms with Crippen molar-refractivity contribution in [2.75, 3.05) is 26.2 Å². The van der Waals surface area contributed by atoms with Crippen molar-refractivity contribution in [3.63, 3.8) is 0 Å². The summed E-state index contributed by atoms with van der Waals surface area (Å²) in [5.74, 6) is -0.121. The molecule has 2 atom stereocenters. The van der Waals surface area contributed by atoms with Crippen LogP contribution < -0.4 is 10.6 Å². The maximum Gasteiger partial charge on any atom is 0.410 e. The third-order valence-corrected chi connectivity index (χ3v) is 5.85. The van der Waals surface area contributed by atoms with E-state index in [0.717, 1.165) is 12.8 Å². The van der Waals surface area contributed by atoms with Gasteiger partial charge in [-0.25, -0.2) is 4.79 Å². The first-order valence-electron chi connectivity index (χ1n) is 10.8. The molecule has 29 heavy (non-hydrogen) atoms. The van der Waals surface area contributed by atoms with Crippen LogP contribution in [0.2, 0.25) is 0 Å². The number of rotatable bonds is 4. The van der Waals surface area contributed by atoms with E-state index < -0.39 is 17.2 Å². The second-order valence-corrected chi connectivity index (χ2v) is 9.12. The lowest BCUT2D eigenvalue weighted by Gasteiger charge is -2.35. The van der Waals surface area contributed by atoms with E-state index in [0.29, 0.717) is 19.4 Å². The lowest BCUT2D eigenvalue weighted by atomic mass is 9.84. The fraction of sp³-hybridized carbons (Fsp3) is 0.773. The summed E-state index contributed by atoms with van der Waals surface area (Å²) in [6, 6.07) is 0.167. The number of allylic oxidation sites excluding steroid dienone is 1. The highest BCUT2D eigenvalue weighted by Gasteiger charge is 2.47. The molecule has 2 aliphatic heterocycles. The predicted octanol–water partition coefficient (Wildman–Crippen LogP) is 2.45. The average Bonchev–Trinajstić information content (AvgIpc) is 3.08. The van der Waals surface area contributed by atoms with Crippen LogP contribution in [0.4, 0.5) is 4.79 Å². The number of carbonyl (C=O) groups is 3. The van der Waals surface area contributed by atoms with E-state index in [1.807, 2.05) is 46.8 Å². The summed E-state index contributed by atoms with van der Waals surface area (Å²) >= 11 is 0. The molecule has 2 heterocycles. The summed E-state index contributed by atoms with van der Waals surface area (Å²) in [4.78, 5) is 40.2. The molecular formula is C22H37N3O4. The molecule has 7 nitrogen and oxygen atoms in total. The van der Waals surface area contributed by atoms with Crippen molar-refractivity contribution in [1.82, 2.24) is 15.5 Å². The zero-order valence-corrected chi connectivity index (χ0v) is 18.5. The van der Waals surface area contributed by atoms with E-state index in [4.69, 9.17) is 4.74 Å². The summed E-state index contributed by atoms with van der Waals surface area (Å²) in [6.45, 7) is 10.7. The third kappa shape index (κ3) is 5.89. The minimum atomic E-state index is -0.905. The Morgan fingerprint density at radius 2 is 1.93 bits per heavy atom. The minimum Gasteiger partial charge on any atom is -0.445 e. The van der Waals surface area contributed by atoms with Gasteiger partial charge in [0.15, 0.2) is 11.6 Å². The van der Waals surface area contributed by atoms with Crippen LogP contribution >= 0.6 is 0 Å². The van der Waals surface area contributed by atoms with Gasteiger partial charge in [-0.3, -0.25) is 14.9 Å². The van der Waals surface area contributed by atoms with Crippen LogP contribution in [0, 0.1) is 5.92 Å². The molecule has 0 saturated carbocycles. The zero-order valence-electron chi connectivity index (χ0n) is 18.5. The first kappa shape index (κ1) is 23.5. The van der Waals surface area contributed by atoms with E-state index in [9.17, 15) is 14.4 Å². The molecule has 0 aromatic heterocycles. The second kappa shape index (κ2) is 9.85. The van der Waals surface area contributed by atoms with Crippen LogP contribution in [-0.4, -0.2) is 65.9 Å². The summed E-state index contributed by atoms with van der Waals surface area (Å²) < 4.78 is 5.33. The van der Waals surface area contributed by atoms with Crippen LogP contribution in [0.15, 0.2) is 12.2 Å². The molecule has 1 fully saturated rings. The number of Topliss-reactive ketones (excluding diaryl/α,β-unsaturated/α-hetero) is 2. The van der Waals surface area contributed by atoms with Gasteiger partial charge in [0, 0.05) is 25.0 Å². The van der Waals surface area contributed by atoms with Gasteiger partial charge in [0.1, 0.15) is 6.61 Å². The minimum absolute atomic E-state index is 0.0309. The van der Waals surface area contributed by atoms with Gasteiger partial charge in [-0.2, -0.15) is 0 Å². The molecule has 0 unspecified atom stereocenters. The van der Waals surface area contributed by atoms with E-state index in [1.165, 1.54) is 0 Å². The van der Waals surface area contributed by atoms with Gasteiger partial charge in [0.25, 0.3) is 0 Å². The van der Waals surface area contributed by atoms with E-state index in [1.54, 1.807) is 4.90 Å². The molecule has 2 rings (SSSR count). The first-order valence-corrected chi connectivity index (χ1v) is 10.8. The molecule has 0 spiro atoms. The van der Waals surface area contributed by atoms with Crippen molar-refractivity contribution in [3.8, 4) is 0 Å². The lowest BCUT2D eigenvalue weighted by molar-refractivity contribution is -0.129. The van der Waals surface area contributed by atoms with Crippen LogP contribution in [-0.2, 0) is 14.3 Å². The maximum atomic E-state index is 13.2.